The Kier molecular flexibility index (Phi) is 5.30. The fourth-order valence-electron chi connectivity index (χ4n) is 2.29. The lowest BCUT2D eigenvalue weighted by molar-refractivity contribution is -0.123. The molecule has 1 aliphatic heterocycles. The number of carbonyl (C=O) groups excluding carboxylic acids is 1. The van der Waals surface area contributed by atoms with Crippen LogP contribution >= 0.6 is 0 Å². The van der Waals surface area contributed by atoms with E-state index in [0.717, 1.165) is 6.54 Å². The molecular weight excluding hydrogens is 186 g/mol. The van der Waals surface area contributed by atoms with Gasteiger partial charge in [0.05, 0.1) is 6.54 Å². The van der Waals surface area contributed by atoms with Crippen LogP contribution in [0, 0.1) is 5.92 Å². The summed E-state index contributed by atoms with van der Waals surface area (Å²) in [6.07, 6.45) is 6.41. The third-order valence-electron chi connectivity index (χ3n) is 3.47. The number of hydrogen-bond donors (Lipinski definition) is 0. The van der Waals surface area contributed by atoms with Crippen LogP contribution in [0.25, 0.3) is 0 Å². The lowest BCUT2D eigenvalue weighted by atomic mass is 10.1. The van der Waals surface area contributed by atoms with Crippen molar-refractivity contribution in [3.8, 4) is 0 Å². The van der Waals surface area contributed by atoms with Gasteiger partial charge in [-0.25, -0.2) is 0 Å². The van der Waals surface area contributed by atoms with Gasteiger partial charge in [0.1, 0.15) is 5.78 Å². The van der Waals surface area contributed by atoms with Crippen LogP contribution in [-0.4, -0.2) is 29.8 Å². The van der Waals surface area contributed by atoms with Gasteiger partial charge in [0.15, 0.2) is 0 Å². The van der Waals surface area contributed by atoms with Crippen LogP contribution in [0.4, 0.5) is 0 Å². The fraction of sp³-hybridized carbons (Fsp3) is 0.923. The number of rotatable bonds is 4. The molecule has 1 aliphatic rings. The van der Waals surface area contributed by atoms with Crippen LogP contribution in [-0.2, 0) is 4.79 Å². The van der Waals surface area contributed by atoms with Crippen LogP contribution < -0.4 is 0 Å². The average molecular weight is 211 g/mol. The number of nitrogens with zero attached hydrogens (tertiary/aromatic N) is 1. The first-order valence-electron chi connectivity index (χ1n) is 6.42. The largest absolute Gasteiger partial charge is 0.298 e. The van der Waals surface area contributed by atoms with Crippen molar-refractivity contribution in [2.24, 2.45) is 5.92 Å². The van der Waals surface area contributed by atoms with E-state index in [1.54, 1.807) is 0 Å². The van der Waals surface area contributed by atoms with Crippen molar-refractivity contribution in [1.82, 2.24) is 4.90 Å². The highest BCUT2D eigenvalue weighted by molar-refractivity contribution is 5.82. The second-order valence-electron chi connectivity index (χ2n) is 5.00. The maximum absolute atomic E-state index is 11.7. The Morgan fingerprint density at radius 1 is 1.33 bits per heavy atom. The molecule has 15 heavy (non-hydrogen) atoms. The number of ketones is 1. The highest BCUT2D eigenvalue weighted by Gasteiger charge is 2.22. The van der Waals surface area contributed by atoms with Gasteiger partial charge < -0.3 is 0 Å². The topological polar surface area (TPSA) is 20.3 Å². The molecule has 1 unspecified atom stereocenters. The molecule has 1 atom stereocenters. The van der Waals surface area contributed by atoms with E-state index in [0.29, 0.717) is 18.4 Å². The second-order valence-corrected chi connectivity index (χ2v) is 5.00. The maximum atomic E-state index is 11.7. The van der Waals surface area contributed by atoms with E-state index in [1.165, 1.54) is 32.1 Å². The standard InChI is InChI=1S/C13H25NO/c1-4-12-8-6-5-7-9-14(12)10-13(15)11(2)3/h11-12H,4-10H2,1-3H3. The minimum Gasteiger partial charge on any atom is -0.298 e. The van der Waals surface area contributed by atoms with Gasteiger partial charge in [-0.05, 0) is 25.8 Å². The van der Waals surface area contributed by atoms with E-state index in [4.69, 9.17) is 0 Å². The van der Waals surface area contributed by atoms with Crippen LogP contribution in [0.2, 0.25) is 0 Å². The molecule has 0 N–H and O–H groups in total. The monoisotopic (exact) mass is 211 g/mol. The molecule has 0 aliphatic carbocycles. The summed E-state index contributed by atoms with van der Waals surface area (Å²) in [6, 6.07) is 0.648. The fourth-order valence-corrected chi connectivity index (χ4v) is 2.29. The summed E-state index contributed by atoms with van der Waals surface area (Å²) >= 11 is 0. The third kappa shape index (κ3) is 3.94. The second kappa shape index (κ2) is 6.26. The molecule has 88 valence electrons. The van der Waals surface area contributed by atoms with E-state index in [1.807, 2.05) is 13.8 Å². The van der Waals surface area contributed by atoms with Gasteiger partial charge >= 0.3 is 0 Å². The Labute approximate surface area is 94.0 Å². The Hall–Kier alpha value is -0.370. The molecule has 0 aromatic carbocycles. The van der Waals surface area contributed by atoms with Crippen molar-refractivity contribution in [2.45, 2.75) is 58.9 Å². The number of carbonyl (C=O) groups is 1. The first kappa shape index (κ1) is 12.7. The maximum Gasteiger partial charge on any atom is 0.149 e. The third-order valence-corrected chi connectivity index (χ3v) is 3.47. The van der Waals surface area contributed by atoms with Crippen LogP contribution in [0.15, 0.2) is 0 Å². The quantitative estimate of drug-likeness (QED) is 0.712. The van der Waals surface area contributed by atoms with Gasteiger partial charge in [-0.1, -0.05) is 33.6 Å². The van der Waals surface area contributed by atoms with E-state index in [2.05, 4.69) is 11.8 Å². The Balaban J connectivity index is 2.51. The first-order chi connectivity index (χ1) is 7.15. The molecule has 1 heterocycles. The minimum absolute atomic E-state index is 0.186. The molecule has 0 aromatic heterocycles. The summed E-state index contributed by atoms with van der Waals surface area (Å²) in [5.41, 5.74) is 0. The van der Waals surface area contributed by atoms with Gasteiger partial charge in [-0.15, -0.1) is 0 Å². The average Bonchev–Trinajstić information content (AvgIpc) is 2.42. The molecule has 2 nitrogen and oxygen atoms in total. The number of hydrogen-bond acceptors (Lipinski definition) is 2. The first-order valence-corrected chi connectivity index (χ1v) is 6.42. The molecule has 1 rings (SSSR count). The summed E-state index contributed by atoms with van der Waals surface area (Å²) in [7, 11) is 0. The van der Waals surface area contributed by atoms with Crippen molar-refractivity contribution in [1.29, 1.82) is 0 Å². The Morgan fingerprint density at radius 3 is 2.67 bits per heavy atom. The molecule has 0 amide bonds. The normalized spacial score (nSPS) is 24.1. The highest BCUT2D eigenvalue weighted by atomic mass is 16.1. The molecule has 1 saturated heterocycles. The van der Waals surface area contributed by atoms with Gasteiger partial charge in [0, 0.05) is 12.0 Å². The summed E-state index contributed by atoms with van der Waals surface area (Å²) in [6.45, 7) is 8.04. The zero-order valence-corrected chi connectivity index (χ0v) is 10.5. The van der Waals surface area contributed by atoms with Crippen LogP contribution in [0.5, 0.6) is 0 Å². The smallest absolute Gasteiger partial charge is 0.149 e. The zero-order chi connectivity index (χ0) is 11.3. The molecular formula is C13H25NO. The highest BCUT2D eigenvalue weighted by Crippen LogP contribution is 2.19. The number of Topliss-reactive ketones (excluding diaryl/α,β-unsaturated/α-hetero) is 1. The molecule has 0 bridgehead atoms. The molecule has 1 fully saturated rings. The van der Waals surface area contributed by atoms with Gasteiger partial charge in [-0.3, -0.25) is 9.69 Å². The zero-order valence-electron chi connectivity index (χ0n) is 10.5. The van der Waals surface area contributed by atoms with Crippen molar-refractivity contribution in [3.05, 3.63) is 0 Å². The molecule has 0 radical (unpaired) electrons. The Bertz CT molecular complexity index is 201. The van der Waals surface area contributed by atoms with Crippen molar-refractivity contribution >= 4 is 5.78 Å². The molecule has 2 heteroatoms. The van der Waals surface area contributed by atoms with Gasteiger partial charge in [-0.2, -0.15) is 0 Å². The van der Waals surface area contributed by atoms with Crippen LogP contribution in [0.3, 0.4) is 0 Å². The van der Waals surface area contributed by atoms with E-state index < -0.39 is 0 Å². The summed E-state index contributed by atoms with van der Waals surface area (Å²) in [4.78, 5) is 14.2. The summed E-state index contributed by atoms with van der Waals surface area (Å²) in [5.74, 6) is 0.584. The molecule has 0 aromatic rings. The predicted octanol–water partition coefficient (Wildman–Crippen LogP) is 2.87. The van der Waals surface area contributed by atoms with E-state index >= 15 is 0 Å². The summed E-state index contributed by atoms with van der Waals surface area (Å²) in [5, 5.41) is 0. The number of likely N-dealkylation sites (tertiary alicyclic amines) is 1. The predicted molar refractivity (Wildman–Crippen MR) is 64.0 cm³/mol. The minimum atomic E-state index is 0.186. The Morgan fingerprint density at radius 2 is 2.07 bits per heavy atom. The lowest BCUT2D eigenvalue weighted by Gasteiger charge is -2.28. The molecule has 0 spiro atoms. The summed E-state index contributed by atoms with van der Waals surface area (Å²) < 4.78 is 0. The van der Waals surface area contributed by atoms with E-state index in [-0.39, 0.29) is 5.92 Å². The van der Waals surface area contributed by atoms with Crippen LogP contribution in [0.1, 0.15) is 52.9 Å². The van der Waals surface area contributed by atoms with Crippen molar-refractivity contribution in [2.75, 3.05) is 13.1 Å². The van der Waals surface area contributed by atoms with Gasteiger partial charge in [0.25, 0.3) is 0 Å². The molecule has 0 saturated carbocycles. The lowest BCUT2D eigenvalue weighted by Crippen LogP contribution is -2.39. The van der Waals surface area contributed by atoms with E-state index in [9.17, 15) is 4.79 Å². The van der Waals surface area contributed by atoms with Gasteiger partial charge in [0.2, 0.25) is 0 Å². The van der Waals surface area contributed by atoms with Crippen molar-refractivity contribution in [3.63, 3.8) is 0 Å². The van der Waals surface area contributed by atoms with Crippen molar-refractivity contribution < 1.29 is 4.79 Å². The SMILES string of the molecule is CCC1CCCCCN1CC(=O)C(C)C.